The van der Waals surface area contributed by atoms with Crippen molar-refractivity contribution in [3.05, 3.63) is 105 Å². The minimum atomic E-state index is -1.31. The van der Waals surface area contributed by atoms with Crippen LogP contribution in [0.1, 0.15) is 76.1 Å². The number of hydrogen-bond donors (Lipinski definition) is 3. The van der Waals surface area contributed by atoms with Crippen LogP contribution in [0.5, 0.6) is 0 Å². The molecule has 5 rings (SSSR count). The first-order chi connectivity index (χ1) is 19.8. The Hall–Kier alpha value is -2.78. The summed E-state index contributed by atoms with van der Waals surface area (Å²) in [6.07, 6.45) is 2.80. The molecule has 3 aromatic carbocycles. The molecule has 0 radical (unpaired) electrons. The summed E-state index contributed by atoms with van der Waals surface area (Å²) in [7, 11) is 0. The number of aromatic carboxylic acids is 1. The van der Waals surface area contributed by atoms with Gasteiger partial charge in [-0.25, -0.2) is 4.79 Å². The molecule has 0 saturated heterocycles. The van der Waals surface area contributed by atoms with Crippen molar-refractivity contribution < 1.29 is 24.9 Å². The quantitative estimate of drug-likeness (QED) is 0.0984. The fourth-order valence-corrected chi connectivity index (χ4v) is 6.36. The maximum atomic E-state index is 11.3. The largest absolute Gasteiger partial charge is 0.478 e. The van der Waals surface area contributed by atoms with E-state index in [1.165, 1.54) is 33.4 Å². The van der Waals surface area contributed by atoms with E-state index in [9.17, 15) is 20.1 Å². The molecule has 1 aliphatic carbocycles. The van der Waals surface area contributed by atoms with E-state index >= 15 is 0 Å². The van der Waals surface area contributed by atoms with E-state index in [4.69, 9.17) is 16.3 Å². The number of ether oxygens (including phenoxy) is 1. The number of carbonyl (C=O) groups is 1. The zero-order chi connectivity index (χ0) is 28.8. The number of halogens is 1. The summed E-state index contributed by atoms with van der Waals surface area (Å²) >= 11 is 8.16. The molecule has 4 aromatic rings. The molecular formula is C33H36ClNO5S. The van der Waals surface area contributed by atoms with Crippen LogP contribution in [0.4, 0.5) is 0 Å². The molecule has 1 aliphatic rings. The third-order valence-corrected chi connectivity index (χ3v) is 8.82. The number of unbranched alkanes of at least 4 members (excludes halogenated alkanes) is 1. The molecule has 41 heavy (non-hydrogen) atoms. The van der Waals surface area contributed by atoms with Gasteiger partial charge in [-0.1, -0.05) is 48.0 Å². The molecule has 1 saturated carbocycles. The minimum absolute atomic E-state index is 0.248. The Morgan fingerprint density at radius 3 is 2.54 bits per heavy atom. The molecule has 216 valence electrons. The average molecular weight is 594 g/mol. The Kier molecular flexibility index (Phi) is 10.1. The maximum absolute atomic E-state index is 11.3. The second-order valence-electron chi connectivity index (χ2n) is 10.9. The van der Waals surface area contributed by atoms with Gasteiger partial charge in [0.1, 0.15) is 0 Å². The highest BCUT2D eigenvalue weighted by Crippen LogP contribution is 2.42. The molecule has 8 heteroatoms. The number of hydrogen-bond acceptors (Lipinski definition) is 6. The molecule has 1 aromatic heterocycles. The Balaban J connectivity index is 1.33. The lowest BCUT2D eigenvalue weighted by Crippen LogP contribution is -2.30. The van der Waals surface area contributed by atoms with Gasteiger partial charge in [0, 0.05) is 27.7 Å². The zero-order valence-corrected chi connectivity index (χ0v) is 24.5. The van der Waals surface area contributed by atoms with Gasteiger partial charge < -0.3 is 20.1 Å². The summed E-state index contributed by atoms with van der Waals surface area (Å²) in [6, 6.07) is 23.7. The monoisotopic (exact) mass is 593 g/mol. The Labute approximate surface area is 249 Å². The zero-order valence-electron chi connectivity index (χ0n) is 22.9. The number of aliphatic hydroxyl groups excluding tert-OH is 1. The van der Waals surface area contributed by atoms with E-state index in [-0.39, 0.29) is 11.7 Å². The predicted molar refractivity (Wildman–Crippen MR) is 164 cm³/mol. The number of benzene rings is 3. The normalized spacial score (nSPS) is 14.3. The lowest BCUT2D eigenvalue weighted by atomic mass is 10.1. The molecule has 0 bridgehead atoms. The summed E-state index contributed by atoms with van der Waals surface area (Å²) < 4.78 is 7.90. The summed E-state index contributed by atoms with van der Waals surface area (Å²) in [5.41, 5.74) is 3.68. The highest BCUT2D eigenvalue weighted by molar-refractivity contribution is 7.19. The van der Waals surface area contributed by atoms with Crippen LogP contribution >= 0.6 is 22.9 Å². The van der Waals surface area contributed by atoms with Crippen molar-refractivity contribution in [2.75, 3.05) is 13.1 Å². The van der Waals surface area contributed by atoms with Crippen LogP contribution in [0, 0.1) is 0 Å². The fraction of sp³-hybridized carbons (Fsp3) is 0.364. The van der Waals surface area contributed by atoms with Crippen LogP contribution in [-0.2, 0) is 17.9 Å². The summed E-state index contributed by atoms with van der Waals surface area (Å²) in [4.78, 5) is 14.8. The smallest absolute Gasteiger partial charge is 0.335 e. The summed E-state index contributed by atoms with van der Waals surface area (Å²) in [6.45, 7) is 2.40. The molecule has 0 aliphatic heterocycles. The average Bonchev–Trinajstić information content (AvgIpc) is 3.72. The van der Waals surface area contributed by atoms with E-state index in [1.807, 2.05) is 36.4 Å². The summed E-state index contributed by atoms with van der Waals surface area (Å²) in [5.74, 6) is -0.226. The third kappa shape index (κ3) is 8.61. The lowest BCUT2D eigenvalue weighted by molar-refractivity contribution is -0.0471. The maximum Gasteiger partial charge on any atom is 0.335 e. The molecule has 6 nitrogen and oxygen atoms in total. The van der Waals surface area contributed by atoms with Crippen LogP contribution in [-0.4, -0.2) is 45.6 Å². The summed E-state index contributed by atoms with van der Waals surface area (Å²) in [5, 5.41) is 29.7. The first kappa shape index (κ1) is 29.7. The van der Waals surface area contributed by atoms with Gasteiger partial charge in [0.25, 0.3) is 0 Å². The van der Waals surface area contributed by atoms with Crippen LogP contribution in [0.3, 0.4) is 0 Å². The van der Waals surface area contributed by atoms with Gasteiger partial charge in [0.2, 0.25) is 0 Å². The van der Waals surface area contributed by atoms with E-state index in [2.05, 4.69) is 29.2 Å². The van der Waals surface area contributed by atoms with E-state index in [0.29, 0.717) is 37.6 Å². The van der Waals surface area contributed by atoms with Gasteiger partial charge in [0.15, 0.2) is 6.29 Å². The van der Waals surface area contributed by atoms with Gasteiger partial charge >= 0.3 is 5.97 Å². The van der Waals surface area contributed by atoms with Gasteiger partial charge in [-0.2, -0.15) is 0 Å². The van der Waals surface area contributed by atoms with E-state index in [0.717, 1.165) is 30.0 Å². The fourth-order valence-electron chi connectivity index (χ4n) is 5.13. The number of aliphatic hydroxyl groups is 2. The van der Waals surface area contributed by atoms with Crippen LogP contribution in [0.15, 0.2) is 72.8 Å². The van der Waals surface area contributed by atoms with Crippen molar-refractivity contribution in [1.29, 1.82) is 0 Å². The molecular weight excluding hydrogens is 558 g/mol. The van der Waals surface area contributed by atoms with Crippen molar-refractivity contribution in [3.8, 4) is 0 Å². The van der Waals surface area contributed by atoms with Crippen molar-refractivity contribution in [2.45, 2.75) is 63.6 Å². The molecule has 1 heterocycles. The minimum Gasteiger partial charge on any atom is -0.478 e. The Morgan fingerprint density at radius 1 is 1.02 bits per heavy atom. The molecule has 0 amide bonds. The highest BCUT2D eigenvalue weighted by atomic mass is 35.5. The number of fused-ring (bicyclic) bond motifs is 1. The van der Waals surface area contributed by atoms with Crippen LogP contribution in [0.2, 0.25) is 5.02 Å². The number of carboxylic acid groups (broad SMARTS) is 1. The Morgan fingerprint density at radius 2 is 1.83 bits per heavy atom. The van der Waals surface area contributed by atoms with Gasteiger partial charge in [0.05, 0.1) is 18.3 Å². The first-order valence-corrected chi connectivity index (χ1v) is 15.3. The molecule has 1 fully saturated rings. The third-order valence-electron chi connectivity index (χ3n) is 7.51. The van der Waals surface area contributed by atoms with Crippen LogP contribution in [0.25, 0.3) is 10.1 Å². The number of rotatable bonds is 15. The first-order valence-electron chi connectivity index (χ1n) is 14.1. The number of thiophene rings is 1. The van der Waals surface area contributed by atoms with Crippen molar-refractivity contribution in [1.82, 2.24) is 4.90 Å². The highest BCUT2D eigenvalue weighted by Gasteiger charge is 2.24. The standard InChI is InChI=1S/C33H36ClNO5S/c34-28-5-3-4-26(16-28)30(40-21-29-17-27-14-13-25(23-11-12-23)18-31(27)41-29)20-35(15-2-1-6-32(36)37)19-22-7-9-24(10-8-22)33(38)39/h3-5,7-10,13-14,16-18,23,30,32,36-37H,1-2,6,11-12,15,19-21H2,(H,38,39)/t30-/m0/s1. The van der Waals surface area contributed by atoms with E-state index in [1.54, 1.807) is 23.5 Å². The molecule has 0 unspecified atom stereocenters. The Bertz CT molecular complexity index is 1450. The van der Waals surface area contributed by atoms with Crippen molar-refractivity contribution in [3.63, 3.8) is 0 Å². The van der Waals surface area contributed by atoms with Crippen LogP contribution < -0.4 is 0 Å². The topological polar surface area (TPSA) is 90.2 Å². The van der Waals surface area contributed by atoms with E-state index < -0.39 is 12.3 Å². The number of nitrogens with zero attached hydrogens (tertiary/aromatic N) is 1. The molecule has 1 atom stereocenters. The molecule has 3 N–H and O–H groups in total. The molecule has 0 spiro atoms. The second-order valence-corrected chi connectivity index (χ2v) is 12.5. The predicted octanol–water partition coefficient (Wildman–Crippen LogP) is 7.37. The van der Waals surface area contributed by atoms with Gasteiger partial charge in [-0.05, 0) is 103 Å². The van der Waals surface area contributed by atoms with Gasteiger partial charge in [-0.3, -0.25) is 4.90 Å². The van der Waals surface area contributed by atoms with Crippen molar-refractivity contribution >= 4 is 39.0 Å². The van der Waals surface area contributed by atoms with Crippen molar-refractivity contribution in [2.24, 2.45) is 0 Å². The number of carboxylic acids is 1. The van der Waals surface area contributed by atoms with Gasteiger partial charge in [-0.15, -0.1) is 11.3 Å². The SMILES string of the molecule is O=C(O)c1ccc(CN(CCCCC(O)O)C[C@H](OCc2cc3ccc(C4CC4)cc3s2)c2cccc(Cl)c2)cc1. The lowest BCUT2D eigenvalue weighted by Gasteiger charge is -2.28. The second kappa shape index (κ2) is 13.9.